The zero-order valence-corrected chi connectivity index (χ0v) is 8.59. The summed E-state index contributed by atoms with van der Waals surface area (Å²) in [6, 6.07) is 0. The van der Waals surface area contributed by atoms with Gasteiger partial charge in [0.05, 0.1) is 6.10 Å². The first-order chi connectivity index (χ1) is 5.63. The first-order valence-corrected chi connectivity index (χ1v) is 4.66. The molecule has 2 unspecified atom stereocenters. The molecule has 2 atom stereocenters. The molecule has 0 bridgehead atoms. The number of ketones is 1. The SMILES string of the molecule is CCCCC(OC)C(C)C(C)=O. The third kappa shape index (κ3) is 3.86. The van der Waals surface area contributed by atoms with Crippen LogP contribution >= 0.6 is 0 Å². The second-order valence-electron chi connectivity index (χ2n) is 3.32. The summed E-state index contributed by atoms with van der Waals surface area (Å²) in [6.45, 7) is 5.71. The molecule has 0 radical (unpaired) electrons. The van der Waals surface area contributed by atoms with Gasteiger partial charge in [0.2, 0.25) is 0 Å². The first kappa shape index (κ1) is 11.6. The molecule has 0 aliphatic rings. The summed E-state index contributed by atoms with van der Waals surface area (Å²) in [6.07, 6.45) is 3.40. The topological polar surface area (TPSA) is 26.3 Å². The van der Waals surface area contributed by atoms with Crippen molar-refractivity contribution in [1.82, 2.24) is 0 Å². The number of carbonyl (C=O) groups is 1. The van der Waals surface area contributed by atoms with Gasteiger partial charge < -0.3 is 4.74 Å². The predicted molar refractivity (Wildman–Crippen MR) is 50.2 cm³/mol. The largest absolute Gasteiger partial charge is 0.381 e. The second kappa shape index (κ2) is 6.18. The number of hydrogen-bond donors (Lipinski definition) is 0. The molecule has 0 fully saturated rings. The van der Waals surface area contributed by atoms with Crippen molar-refractivity contribution in [3.05, 3.63) is 0 Å². The monoisotopic (exact) mass is 172 g/mol. The van der Waals surface area contributed by atoms with Crippen LogP contribution in [0, 0.1) is 5.92 Å². The van der Waals surface area contributed by atoms with Gasteiger partial charge in [-0.3, -0.25) is 4.79 Å². The Hall–Kier alpha value is -0.370. The Morgan fingerprint density at radius 2 is 2.08 bits per heavy atom. The molecular weight excluding hydrogens is 152 g/mol. The molecule has 0 aliphatic heterocycles. The summed E-state index contributed by atoms with van der Waals surface area (Å²) in [7, 11) is 1.68. The molecule has 12 heavy (non-hydrogen) atoms. The summed E-state index contributed by atoms with van der Waals surface area (Å²) in [4.78, 5) is 11.0. The number of Topliss-reactive ketones (excluding diaryl/α,β-unsaturated/α-hetero) is 1. The van der Waals surface area contributed by atoms with Crippen LogP contribution in [0.1, 0.15) is 40.0 Å². The van der Waals surface area contributed by atoms with Crippen LogP contribution in [0.5, 0.6) is 0 Å². The minimum Gasteiger partial charge on any atom is -0.381 e. The number of rotatable bonds is 6. The lowest BCUT2D eigenvalue weighted by molar-refractivity contribution is -0.124. The molecule has 0 aliphatic carbocycles. The summed E-state index contributed by atoms with van der Waals surface area (Å²) in [5.74, 6) is 0.263. The van der Waals surface area contributed by atoms with Gasteiger partial charge in [-0.2, -0.15) is 0 Å². The van der Waals surface area contributed by atoms with E-state index in [9.17, 15) is 4.79 Å². The Labute approximate surface area is 75.3 Å². The van der Waals surface area contributed by atoms with Crippen molar-refractivity contribution >= 4 is 5.78 Å². The van der Waals surface area contributed by atoms with E-state index >= 15 is 0 Å². The van der Waals surface area contributed by atoms with Gasteiger partial charge >= 0.3 is 0 Å². The molecule has 0 aromatic heterocycles. The van der Waals surface area contributed by atoms with Crippen molar-refractivity contribution in [3.63, 3.8) is 0 Å². The number of ether oxygens (including phenoxy) is 1. The fourth-order valence-corrected chi connectivity index (χ4v) is 1.24. The predicted octanol–water partition coefficient (Wildman–Crippen LogP) is 2.42. The molecule has 72 valence electrons. The quantitative estimate of drug-likeness (QED) is 0.615. The highest BCUT2D eigenvalue weighted by Gasteiger charge is 2.19. The summed E-state index contributed by atoms with van der Waals surface area (Å²) < 4.78 is 5.25. The van der Waals surface area contributed by atoms with Crippen molar-refractivity contribution in [2.24, 2.45) is 5.92 Å². The number of methoxy groups -OCH3 is 1. The average Bonchev–Trinajstić information content (AvgIpc) is 2.05. The van der Waals surface area contributed by atoms with E-state index in [0.717, 1.165) is 19.3 Å². The zero-order valence-electron chi connectivity index (χ0n) is 8.59. The highest BCUT2D eigenvalue weighted by molar-refractivity contribution is 5.78. The number of carbonyl (C=O) groups excluding carboxylic acids is 1. The Balaban J connectivity index is 3.87. The van der Waals surface area contributed by atoms with Crippen LogP contribution in [0.25, 0.3) is 0 Å². The van der Waals surface area contributed by atoms with Crippen LogP contribution in [0.15, 0.2) is 0 Å². The molecule has 0 N–H and O–H groups in total. The van der Waals surface area contributed by atoms with E-state index in [4.69, 9.17) is 4.74 Å². The van der Waals surface area contributed by atoms with Crippen molar-refractivity contribution in [2.75, 3.05) is 7.11 Å². The van der Waals surface area contributed by atoms with Crippen LogP contribution < -0.4 is 0 Å². The standard InChI is InChI=1S/C10H20O2/c1-5-6-7-10(12-4)8(2)9(3)11/h8,10H,5-7H2,1-4H3. The lowest BCUT2D eigenvalue weighted by Crippen LogP contribution is -2.25. The van der Waals surface area contributed by atoms with Crippen LogP contribution in [0.4, 0.5) is 0 Å². The normalized spacial score (nSPS) is 15.7. The lowest BCUT2D eigenvalue weighted by atomic mass is 9.96. The van der Waals surface area contributed by atoms with Crippen molar-refractivity contribution in [2.45, 2.75) is 46.1 Å². The molecule has 0 aromatic rings. The van der Waals surface area contributed by atoms with E-state index in [1.165, 1.54) is 0 Å². The Kier molecular flexibility index (Phi) is 5.99. The van der Waals surface area contributed by atoms with E-state index in [0.29, 0.717) is 0 Å². The van der Waals surface area contributed by atoms with Crippen LogP contribution in [-0.2, 0) is 9.53 Å². The molecule has 0 saturated heterocycles. The fourth-order valence-electron chi connectivity index (χ4n) is 1.24. The third-order valence-electron chi connectivity index (χ3n) is 2.34. The van der Waals surface area contributed by atoms with E-state index in [1.807, 2.05) is 6.92 Å². The van der Waals surface area contributed by atoms with Crippen LogP contribution in [0.3, 0.4) is 0 Å². The van der Waals surface area contributed by atoms with Crippen molar-refractivity contribution in [3.8, 4) is 0 Å². The van der Waals surface area contributed by atoms with Crippen molar-refractivity contribution in [1.29, 1.82) is 0 Å². The molecule has 0 amide bonds. The van der Waals surface area contributed by atoms with E-state index < -0.39 is 0 Å². The smallest absolute Gasteiger partial charge is 0.135 e. The molecular formula is C10H20O2. The Morgan fingerprint density at radius 3 is 2.42 bits per heavy atom. The fraction of sp³-hybridized carbons (Fsp3) is 0.900. The number of hydrogen-bond acceptors (Lipinski definition) is 2. The van der Waals surface area contributed by atoms with Gasteiger partial charge in [0.25, 0.3) is 0 Å². The van der Waals surface area contributed by atoms with Gasteiger partial charge in [-0.25, -0.2) is 0 Å². The lowest BCUT2D eigenvalue weighted by Gasteiger charge is -2.19. The van der Waals surface area contributed by atoms with E-state index in [1.54, 1.807) is 14.0 Å². The Bertz CT molecular complexity index is 132. The maximum atomic E-state index is 11.0. The van der Waals surface area contributed by atoms with Crippen molar-refractivity contribution < 1.29 is 9.53 Å². The van der Waals surface area contributed by atoms with Gasteiger partial charge in [0, 0.05) is 13.0 Å². The van der Waals surface area contributed by atoms with E-state index in [-0.39, 0.29) is 17.8 Å². The van der Waals surface area contributed by atoms with Crippen LogP contribution in [-0.4, -0.2) is 19.0 Å². The highest BCUT2D eigenvalue weighted by Crippen LogP contribution is 2.14. The Morgan fingerprint density at radius 1 is 1.50 bits per heavy atom. The van der Waals surface area contributed by atoms with Gasteiger partial charge in [0.15, 0.2) is 0 Å². The van der Waals surface area contributed by atoms with Gasteiger partial charge in [-0.15, -0.1) is 0 Å². The van der Waals surface area contributed by atoms with E-state index in [2.05, 4.69) is 6.92 Å². The summed E-state index contributed by atoms with van der Waals surface area (Å²) in [5, 5.41) is 0. The molecule has 0 saturated carbocycles. The minimum atomic E-state index is 0.0431. The maximum Gasteiger partial charge on any atom is 0.135 e. The molecule has 0 rings (SSSR count). The molecule has 0 aromatic carbocycles. The summed E-state index contributed by atoms with van der Waals surface area (Å²) >= 11 is 0. The first-order valence-electron chi connectivity index (χ1n) is 4.66. The van der Waals surface area contributed by atoms with Crippen LogP contribution in [0.2, 0.25) is 0 Å². The second-order valence-corrected chi connectivity index (χ2v) is 3.32. The molecule has 0 spiro atoms. The highest BCUT2D eigenvalue weighted by atomic mass is 16.5. The number of unbranched alkanes of at least 4 members (excludes halogenated alkanes) is 1. The van der Waals surface area contributed by atoms with Gasteiger partial charge in [-0.1, -0.05) is 26.7 Å². The molecule has 2 nitrogen and oxygen atoms in total. The average molecular weight is 172 g/mol. The molecule has 2 heteroatoms. The zero-order chi connectivity index (χ0) is 9.56. The minimum absolute atomic E-state index is 0.0431. The maximum absolute atomic E-state index is 11.0. The van der Waals surface area contributed by atoms with Gasteiger partial charge in [0.1, 0.15) is 5.78 Å². The molecule has 0 heterocycles. The van der Waals surface area contributed by atoms with Gasteiger partial charge in [-0.05, 0) is 13.3 Å². The summed E-state index contributed by atoms with van der Waals surface area (Å²) in [5.41, 5.74) is 0. The third-order valence-corrected chi connectivity index (χ3v) is 2.34.